The van der Waals surface area contributed by atoms with Crippen LogP contribution in [0, 0.1) is 0 Å². The van der Waals surface area contributed by atoms with Crippen LogP contribution in [0.25, 0.3) is 22.8 Å². The van der Waals surface area contributed by atoms with Crippen molar-refractivity contribution in [3.05, 3.63) is 126 Å². The topological polar surface area (TPSA) is 250 Å². The van der Waals surface area contributed by atoms with Gasteiger partial charge < -0.3 is 69.0 Å². The van der Waals surface area contributed by atoms with Crippen molar-refractivity contribution in [2.75, 3.05) is 159 Å². The van der Waals surface area contributed by atoms with Crippen molar-refractivity contribution in [3.8, 4) is 22.8 Å². The molecule has 0 radical (unpaired) electrons. The highest BCUT2D eigenvalue weighted by atomic mass is 35.5. The number of carbonyl (C=O) groups excluding carboxylic acids is 2. The fourth-order valence-corrected chi connectivity index (χ4v) is 11.2. The maximum atomic E-state index is 12.1. The predicted octanol–water partition coefficient (Wildman–Crippen LogP) is 6.97. The summed E-state index contributed by atoms with van der Waals surface area (Å²) in [5, 5.41) is 39.9. The molecule has 4 aromatic carbocycles. The molecule has 2 atom stereocenters. The Morgan fingerprint density at radius 3 is 1.20 bits per heavy atom. The summed E-state index contributed by atoms with van der Waals surface area (Å²) >= 11 is 26.0. The molecule has 0 bridgehead atoms. The van der Waals surface area contributed by atoms with E-state index in [1.54, 1.807) is 12.1 Å². The lowest BCUT2D eigenvalue weighted by molar-refractivity contribution is -0.00256. The Morgan fingerprint density at radius 2 is 0.818 bits per heavy atom. The number of nitrogens with one attached hydrogen (secondary N) is 4. The maximum absolute atomic E-state index is 12.1. The fraction of sp³-hybridized carbons (Fsp3) is 0.533. The first-order chi connectivity index (χ1) is 43.0. The number of hydrogen-bond donors (Lipinski definition) is 4. The number of aromatic nitrogens is 8. The number of urea groups is 2. The lowest BCUT2D eigenvalue weighted by Crippen LogP contribution is -2.39. The molecule has 28 heteroatoms. The number of unbranched alkanes of at least 4 members (excludes halogenated alkanes) is 1. The van der Waals surface area contributed by atoms with E-state index in [1.165, 1.54) is 9.59 Å². The lowest BCUT2D eigenvalue weighted by atomic mass is 9.84. The van der Waals surface area contributed by atoms with Crippen LogP contribution in [0.3, 0.4) is 0 Å². The molecular formula is C60H80Cl4N14O10. The van der Waals surface area contributed by atoms with Crippen molar-refractivity contribution in [2.45, 2.75) is 50.9 Å². The molecule has 0 fully saturated rings. The summed E-state index contributed by atoms with van der Waals surface area (Å²) in [4.78, 5) is 31.8. The molecule has 478 valence electrons. The first-order valence-corrected chi connectivity index (χ1v) is 31.2. The zero-order valence-corrected chi connectivity index (χ0v) is 53.0. The van der Waals surface area contributed by atoms with Crippen molar-refractivity contribution in [3.63, 3.8) is 0 Å². The summed E-state index contributed by atoms with van der Waals surface area (Å²) in [6, 6.07) is 23.5. The summed E-state index contributed by atoms with van der Waals surface area (Å²) in [6.07, 6.45) is 1.41. The van der Waals surface area contributed by atoms with Crippen LogP contribution < -0.4 is 21.3 Å². The van der Waals surface area contributed by atoms with E-state index in [4.69, 9.17) is 84.3 Å². The number of benzene rings is 4. The van der Waals surface area contributed by atoms with Crippen molar-refractivity contribution in [2.24, 2.45) is 0 Å². The predicted molar refractivity (Wildman–Crippen MR) is 334 cm³/mol. The highest BCUT2D eigenvalue weighted by Crippen LogP contribution is 2.41. The number of nitrogens with zero attached hydrogens (tertiary/aromatic N) is 10. The minimum absolute atomic E-state index is 0.108. The first-order valence-electron chi connectivity index (χ1n) is 29.7. The molecule has 0 aliphatic carbocycles. The summed E-state index contributed by atoms with van der Waals surface area (Å²) in [6.45, 7) is 12.3. The minimum Gasteiger partial charge on any atom is -0.377 e. The van der Waals surface area contributed by atoms with Crippen LogP contribution in [-0.2, 0) is 64.1 Å². The van der Waals surface area contributed by atoms with Gasteiger partial charge in [0.15, 0.2) is 0 Å². The molecule has 4 N–H and O–H groups in total. The zero-order valence-electron chi connectivity index (χ0n) is 49.9. The number of carbonyl (C=O) groups is 2. The summed E-state index contributed by atoms with van der Waals surface area (Å²) in [5.41, 5.74) is 8.52. The van der Waals surface area contributed by atoms with E-state index < -0.39 is 0 Å². The Morgan fingerprint density at radius 1 is 0.466 bits per heavy atom. The van der Waals surface area contributed by atoms with Crippen molar-refractivity contribution in [1.82, 2.24) is 71.5 Å². The van der Waals surface area contributed by atoms with Gasteiger partial charge in [-0.2, -0.15) is 9.59 Å². The number of likely N-dealkylation sites (N-methyl/N-ethyl adjacent to an activating group) is 2. The quantitative estimate of drug-likeness (QED) is 0.0284. The molecule has 24 nitrogen and oxygen atoms in total. The van der Waals surface area contributed by atoms with E-state index in [0.29, 0.717) is 190 Å². The summed E-state index contributed by atoms with van der Waals surface area (Å²) in [5.74, 6) is 1.30. The van der Waals surface area contributed by atoms with Crippen molar-refractivity contribution in [1.29, 1.82) is 0 Å². The maximum Gasteiger partial charge on any atom is 0.314 e. The zero-order chi connectivity index (χ0) is 61.7. The smallest absolute Gasteiger partial charge is 0.314 e. The SMILES string of the molecule is CN1Cc2c(Cl)cc(Cl)cc2[C@H](c2cccc(-c3nnn(CCOCCOCCOCCOCCNC(=O)NCCCCNC(=O)NCCOCCOCCOCCOCCn4nnc(-c5cccc([C@@H]6CN(C)Cc7c(Cl)cc(Cl)cc76)c5)n4)n3)c2)C1. The van der Waals surface area contributed by atoms with Crippen LogP contribution in [0.15, 0.2) is 72.8 Å². The summed E-state index contributed by atoms with van der Waals surface area (Å²) in [7, 11) is 4.18. The van der Waals surface area contributed by atoms with Gasteiger partial charge >= 0.3 is 12.1 Å². The second-order valence-electron chi connectivity index (χ2n) is 21.0. The van der Waals surface area contributed by atoms with Crippen molar-refractivity contribution >= 4 is 58.5 Å². The lowest BCUT2D eigenvalue weighted by Gasteiger charge is -2.33. The highest BCUT2D eigenvalue weighted by Gasteiger charge is 2.29. The third-order valence-corrected chi connectivity index (χ3v) is 15.4. The van der Waals surface area contributed by atoms with Gasteiger partial charge in [-0.3, -0.25) is 0 Å². The Kier molecular flexibility index (Phi) is 29.1. The van der Waals surface area contributed by atoms with Crippen LogP contribution in [0.5, 0.6) is 0 Å². The van der Waals surface area contributed by atoms with E-state index in [-0.39, 0.29) is 23.9 Å². The van der Waals surface area contributed by atoms with Gasteiger partial charge in [0.25, 0.3) is 0 Å². The van der Waals surface area contributed by atoms with Gasteiger partial charge in [-0.05, 0) is 107 Å². The van der Waals surface area contributed by atoms with Crippen LogP contribution in [0.4, 0.5) is 9.59 Å². The number of ether oxygens (including phenoxy) is 8. The number of amides is 4. The minimum atomic E-state index is -0.278. The van der Waals surface area contributed by atoms with Gasteiger partial charge in [0.1, 0.15) is 0 Å². The number of hydrogen-bond acceptors (Lipinski definition) is 18. The van der Waals surface area contributed by atoms with Gasteiger partial charge in [0.2, 0.25) is 11.6 Å². The van der Waals surface area contributed by atoms with Crippen LogP contribution in [0.1, 0.15) is 58.1 Å². The van der Waals surface area contributed by atoms with Crippen molar-refractivity contribution < 1.29 is 47.5 Å². The van der Waals surface area contributed by atoms with Crippen LogP contribution in [-0.4, -0.2) is 221 Å². The number of fused-ring (bicyclic) bond motifs is 2. The third-order valence-electron chi connectivity index (χ3n) is 14.3. The van der Waals surface area contributed by atoms with E-state index in [0.717, 1.165) is 70.7 Å². The highest BCUT2D eigenvalue weighted by molar-refractivity contribution is 6.35. The largest absolute Gasteiger partial charge is 0.377 e. The molecule has 0 unspecified atom stereocenters. The molecule has 2 aromatic heterocycles. The molecule has 2 aliphatic rings. The molecule has 4 heterocycles. The fourth-order valence-electron chi connectivity index (χ4n) is 10.0. The van der Waals surface area contributed by atoms with Gasteiger partial charge in [-0.1, -0.05) is 82.8 Å². The normalized spacial score (nSPS) is 15.1. The van der Waals surface area contributed by atoms with Gasteiger partial charge in [0.05, 0.1) is 119 Å². The molecular weight excluding hydrogens is 1220 g/mol. The van der Waals surface area contributed by atoms with Gasteiger partial charge in [-0.15, -0.1) is 20.4 Å². The van der Waals surface area contributed by atoms with Gasteiger partial charge in [-0.25, -0.2) is 9.59 Å². The molecule has 88 heavy (non-hydrogen) atoms. The van der Waals surface area contributed by atoms with E-state index in [9.17, 15) is 9.59 Å². The second-order valence-corrected chi connectivity index (χ2v) is 22.7. The van der Waals surface area contributed by atoms with Crippen LogP contribution >= 0.6 is 46.4 Å². The average molecular weight is 1300 g/mol. The monoisotopic (exact) mass is 1300 g/mol. The Hall–Kier alpha value is -5.68. The molecule has 6 aromatic rings. The average Bonchev–Trinajstić information content (AvgIpc) is 1.60. The molecule has 0 saturated carbocycles. The van der Waals surface area contributed by atoms with E-state index >= 15 is 0 Å². The molecule has 4 amide bonds. The molecule has 0 spiro atoms. The second kappa shape index (κ2) is 37.5. The standard InChI is InChI=1S/C60H80Cl4N14O10/c1-75-39-51(49-35-47(61)37-55(63)53(49)41-75)43-7-5-9-45(33-43)57-69-73-77(71-57)15-19-83-23-27-87-31-29-85-25-21-81-17-13-67-59(79)65-11-3-4-12-66-60(80)68-14-18-82-22-26-86-30-32-88-28-24-84-20-16-78-72-58(70-74-78)46-10-6-8-44(34-46)52-40-76(2)42-54-50(52)36-48(62)38-56(54)64/h5-10,33-38,51-52H,3-4,11-32,39-42H2,1-2H3,(H2,65,67,79)(H2,66,68,80)/t51-,52-/m0/s1. The molecule has 8 rings (SSSR count). The summed E-state index contributed by atoms with van der Waals surface area (Å²) < 4.78 is 44.8. The Balaban J connectivity index is 0.522. The Bertz CT molecular complexity index is 2890. The molecule has 2 aliphatic heterocycles. The van der Waals surface area contributed by atoms with Gasteiger partial charge in [0, 0.05) is 95.4 Å². The molecule has 0 saturated heterocycles. The number of rotatable bonds is 39. The Labute approximate surface area is 533 Å². The van der Waals surface area contributed by atoms with E-state index in [2.05, 4.69) is 100 Å². The third kappa shape index (κ3) is 22.7. The van der Waals surface area contributed by atoms with E-state index in [1.807, 2.05) is 36.4 Å². The number of halogens is 4. The first kappa shape index (κ1) is 68.2. The van der Waals surface area contributed by atoms with Crippen LogP contribution in [0.2, 0.25) is 20.1 Å². The number of tetrazole rings is 2.